The van der Waals surface area contributed by atoms with Crippen LogP contribution in [0.3, 0.4) is 0 Å². The number of carbonyl (C=O) groups excluding carboxylic acids is 1. The van der Waals surface area contributed by atoms with Gasteiger partial charge >= 0.3 is 0 Å². The van der Waals surface area contributed by atoms with Gasteiger partial charge < -0.3 is 5.43 Å². The SMILES string of the molecule is C=C1CNN=C1C(C)=O. The van der Waals surface area contributed by atoms with Gasteiger partial charge in [-0.05, 0) is 5.57 Å². The zero-order chi connectivity index (χ0) is 6.85. The van der Waals surface area contributed by atoms with E-state index in [4.69, 9.17) is 0 Å². The molecule has 1 heterocycles. The molecule has 0 saturated heterocycles. The summed E-state index contributed by atoms with van der Waals surface area (Å²) in [7, 11) is 0. The van der Waals surface area contributed by atoms with Crippen molar-refractivity contribution in [1.82, 2.24) is 5.43 Å². The minimum absolute atomic E-state index is 0.0231. The lowest BCUT2D eigenvalue weighted by molar-refractivity contribution is -0.111. The van der Waals surface area contributed by atoms with Crippen LogP contribution in [-0.2, 0) is 4.79 Å². The Kier molecular flexibility index (Phi) is 1.34. The van der Waals surface area contributed by atoms with Gasteiger partial charge in [0.1, 0.15) is 5.71 Å². The Morgan fingerprint density at radius 2 is 2.56 bits per heavy atom. The van der Waals surface area contributed by atoms with E-state index in [0.717, 1.165) is 5.57 Å². The number of nitrogens with one attached hydrogen (secondary N) is 1. The van der Waals surface area contributed by atoms with Crippen molar-refractivity contribution >= 4 is 11.5 Å². The third-order valence-corrected chi connectivity index (χ3v) is 1.15. The van der Waals surface area contributed by atoms with Crippen molar-refractivity contribution in [2.24, 2.45) is 5.10 Å². The van der Waals surface area contributed by atoms with Crippen LogP contribution in [0.25, 0.3) is 0 Å². The van der Waals surface area contributed by atoms with E-state index in [0.29, 0.717) is 12.3 Å². The van der Waals surface area contributed by atoms with E-state index in [1.165, 1.54) is 6.92 Å². The fraction of sp³-hybridized carbons (Fsp3) is 0.333. The minimum atomic E-state index is -0.0231. The van der Waals surface area contributed by atoms with E-state index in [2.05, 4.69) is 17.1 Å². The molecule has 0 bridgehead atoms. The summed E-state index contributed by atoms with van der Waals surface area (Å²) in [5.74, 6) is -0.0231. The zero-order valence-corrected chi connectivity index (χ0v) is 5.27. The van der Waals surface area contributed by atoms with Gasteiger partial charge in [-0.1, -0.05) is 6.58 Å². The summed E-state index contributed by atoms with van der Waals surface area (Å²) in [4.78, 5) is 10.6. The minimum Gasteiger partial charge on any atom is -0.305 e. The molecule has 0 atom stereocenters. The highest BCUT2D eigenvalue weighted by molar-refractivity contribution is 6.45. The molecule has 0 saturated carbocycles. The van der Waals surface area contributed by atoms with Crippen molar-refractivity contribution in [1.29, 1.82) is 0 Å². The maximum absolute atomic E-state index is 10.6. The highest BCUT2D eigenvalue weighted by Gasteiger charge is 2.14. The highest BCUT2D eigenvalue weighted by atomic mass is 16.1. The first-order chi connectivity index (χ1) is 4.22. The third-order valence-electron chi connectivity index (χ3n) is 1.15. The van der Waals surface area contributed by atoms with E-state index in [9.17, 15) is 4.79 Å². The van der Waals surface area contributed by atoms with E-state index >= 15 is 0 Å². The van der Waals surface area contributed by atoms with Gasteiger partial charge in [0.25, 0.3) is 0 Å². The topological polar surface area (TPSA) is 41.5 Å². The summed E-state index contributed by atoms with van der Waals surface area (Å²) in [5, 5.41) is 3.73. The largest absolute Gasteiger partial charge is 0.305 e. The fourth-order valence-corrected chi connectivity index (χ4v) is 0.704. The van der Waals surface area contributed by atoms with Gasteiger partial charge in [0.15, 0.2) is 5.78 Å². The molecule has 0 radical (unpaired) electrons. The van der Waals surface area contributed by atoms with Crippen molar-refractivity contribution < 1.29 is 4.79 Å². The molecule has 3 heteroatoms. The molecule has 0 aliphatic carbocycles. The van der Waals surface area contributed by atoms with Crippen LogP contribution in [0.1, 0.15) is 6.92 Å². The Labute approximate surface area is 53.4 Å². The van der Waals surface area contributed by atoms with Crippen LogP contribution < -0.4 is 5.43 Å². The van der Waals surface area contributed by atoms with Crippen molar-refractivity contribution in [3.63, 3.8) is 0 Å². The summed E-state index contributed by atoms with van der Waals surface area (Å²) in [6.45, 7) is 5.73. The van der Waals surface area contributed by atoms with Gasteiger partial charge in [-0.2, -0.15) is 5.10 Å². The molecule has 1 aliphatic heterocycles. The van der Waals surface area contributed by atoms with E-state index < -0.39 is 0 Å². The molecule has 0 fully saturated rings. The number of hydrogen-bond donors (Lipinski definition) is 1. The molecule has 1 aliphatic rings. The van der Waals surface area contributed by atoms with Crippen molar-refractivity contribution in [3.8, 4) is 0 Å². The van der Waals surface area contributed by atoms with Gasteiger partial charge in [0.05, 0.1) is 6.54 Å². The van der Waals surface area contributed by atoms with Gasteiger partial charge in [-0.25, -0.2) is 0 Å². The summed E-state index contributed by atoms with van der Waals surface area (Å²) in [6, 6.07) is 0. The Morgan fingerprint density at radius 3 is 2.78 bits per heavy atom. The number of hydrogen-bond acceptors (Lipinski definition) is 3. The lowest BCUT2D eigenvalue weighted by Gasteiger charge is -1.89. The number of nitrogens with zero attached hydrogens (tertiary/aromatic N) is 1. The number of ketones is 1. The van der Waals surface area contributed by atoms with Gasteiger partial charge in [0, 0.05) is 6.92 Å². The maximum atomic E-state index is 10.6. The molecule has 9 heavy (non-hydrogen) atoms. The summed E-state index contributed by atoms with van der Waals surface area (Å²) >= 11 is 0. The average molecular weight is 124 g/mol. The summed E-state index contributed by atoms with van der Waals surface area (Å²) in [6.07, 6.45) is 0. The number of hydrazone groups is 1. The van der Waals surface area contributed by atoms with Gasteiger partial charge in [-0.3, -0.25) is 4.79 Å². The molecule has 0 aromatic heterocycles. The Balaban J connectivity index is 2.80. The van der Waals surface area contributed by atoms with Crippen molar-refractivity contribution in [2.75, 3.05) is 6.54 Å². The van der Waals surface area contributed by atoms with Crippen LogP contribution in [0.5, 0.6) is 0 Å². The normalized spacial score (nSPS) is 17.0. The quantitative estimate of drug-likeness (QED) is 0.538. The van der Waals surface area contributed by atoms with Crippen LogP contribution >= 0.6 is 0 Å². The lowest BCUT2D eigenvalue weighted by atomic mass is 10.1. The summed E-state index contributed by atoms with van der Waals surface area (Å²) in [5.41, 5.74) is 3.93. The molecule has 0 aromatic carbocycles. The predicted octanol–water partition coefficient (Wildman–Crippen LogP) is 0.0908. The highest BCUT2D eigenvalue weighted by Crippen LogP contribution is 2.00. The Hall–Kier alpha value is -1.12. The second-order valence-electron chi connectivity index (χ2n) is 1.96. The first kappa shape index (κ1) is 6.01. The lowest BCUT2D eigenvalue weighted by Crippen LogP contribution is -2.09. The standard InChI is InChI=1S/C6H8N2O/c1-4-3-7-8-6(4)5(2)9/h7H,1,3H2,2H3. The second-order valence-corrected chi connectivity index (χ2v) is 1.96. The molecular formula is C6H8N2O. The van der Waals surface area contributed by atoms with Crippen LogP contribution in [0.4, 0.5) is 0 Å². The number of rotatable bonds is 1. The van der Waals surface area contributed by atoms with Crippen LogP contribution in [-0.4, -0.2) is 18.0 Å². The smallest absolute Gasteiger partial charge is 0.180 e. The molecule has 0 amide bonds. The monoisotopic (exact) mass is 124 g/mol. The summed E-state index contributed by atoms with van der Waals surface area (Å²) < 4.78 is 0. The molecule has 1 rings (SSSR count). The molecular weight excluding hydrogens is 116 g/mol. The molecule has 0 aromatic rings. The molecule has 48 valence electrons. The second kappa shape index (κ2) is 2.01. The molecule has 0 unspecified atom stereocenters. The van der Waals surface area contributed by atoms with E-state index in [1.54, 1.807) is 0 Å². The molecule has 0 spiro atoms. The van der Waals surface area contributed by atoms with E-state index in [1.807, 2.05) is 0 Å². The van der Waals surface area contributed by atoms with Crippen LogP contribution in [0.2, 0.25) is 0 Å². The van der Waals surface area contributed by atoms with E-state index in [-0.39, 0.29) is 5.78 Å². The Morgan fingerprint density at radius 1 is 1.89 bits per heavy atom. The zero-order valence-electron chi connectivity index (χ0n) is 5.27. The molecule has 1 N–H and O–H groups in total. The first-order valence-electron chi connectivity index (χ1n) is 2.71. The van der Waals surface area contributed by atoms with Crippen molar-refractivity contribution in [3.05, 3.63) is 12.2 Å². The van der Waals surface area contributed by atoms with Crippen LogP contribution in [0, 0.1) is 0 Å². The van der Waals surface area contributed by atoms with Gasteiger partial charge in [-0.15, -0.1) is 0 Å². The van der Waals surface area contributed by atoms with Crippen molar-refractivity contribution in [2.45, 2.75) is 6.92 Å². The first-order valence-corrected chi connectivity index (χ1v) is 2.71. The molecule has 3 nitrogen and oxygen atoms in total. The van der Waals surface area contributed by atoms with Crippen LogP contribution in [0.15, 0.2) is 17.3 Å². The average Bonchev–Trinajstić information content (AvgIpc) is 2.13. The number of Topliss-reactive ketones (excluding diaryl/α,β-unsaturated/α-hetero) is 1. The number of carbonyl (C=O) groups is 1. The Bertz CT molecular complexity index is 193. The third kappa shape index (κ3) is 0.988. The van der Waals surface area contributed by atoms with Gasteiger partial charge in [0.2, 0.25) is 0 Å². The fourth-order valence-electron chi connectivity index (χ4n) is 0.704. The maximum Gasteiger partial charge on any atom is 0.180 e. The predicted molar refractivity (Wildman–Crippen MR) is 35.3 cm³/mol.